The zero-order valence-corrected chi connectivity index (χ0v) is 12.3. The average Bonchev–Trinajstić information content (AvgIpc) is 2.79. The van der Waals surface area contributed by atoms with Crippen molar-refractivity contribution in [2.24, 2.45) is 7.05 Å². The predicted molar refractivity (Wildman–Crippen MR) is 84.6 cm³/mol. The minimum absolute atomic E-state index is 0.108. The summed E-state index contributed by atoms with van der Waals surface area (Å²) in [4.78, 5) is 16.6. The zero-order valence-electron chi connectivity index (χ0n) is 12.3. The van der Waals surface area contributed by atoms with Gasteiger partial charge in [-0.3, -0.25) is 4.79 Å². The second-order valence-electron chi connectivity index (χ2n) is 5.39. The van der Waals surface area contributed by atoms with E-state index in [1.54, 1.807) is 12.4 Å². The zero-order chi connectivity index (χ0) is 15.0. The maximum atomic E-state index is 12.4. The van der Waals surface area contributed by atoms with E-state index >= 15 is 0 Å². The number of aryl methyl sites for hydroxylation is 3. The molecule has 106 valence electrons. The van der Waals surface area contributed by atoms with Crippen molar-refractivity contribution in [3.8, 4) is 0 Å². The van der Waals surface area contributed by atoms with E-state index in [1.807, 2.05) is 49.7 Å². The Kier molecular flexibility index (Phi) is 3.22. The number of rotatable bonds is 2. The Morgan fingerprint density at radius 3 is 2.52 bits per heavy atom. The normalized spacial score (nSPS) is 10.8. The van der Waals surface area contributed by atoms with Crippen LogP contribution in [0.4, 0.5) is 5.69 Å². The van der Waals surface area contributed by atoms with Crippen LogP contribution in [0.3, 0.4) is 0 Å². The van der Waals surface area contributed by atoms with Crippen molar-refractivity contribution in [2.45, 2.75) is 13.8 Å². The van der Waals surface area contributed by atoms with E-state index in [0.717, 1.165) is 27.8 Å². The maximum Gasteiger partial charge on any atom is 0.255 e. The van der Waals surface area contributed by atoms with Crippen molar-refractivity contribution < 1.29 is 4.79 Å². The van der Waals surface area contributed by atoms with Gasteiger partial charge in [0.15, 0.2) is 0 Å². The Hall–Kier alpha value is -2.62. The quantitative estimate of drug-likeness (QED) is 0.781. The lowest BCUT2D eigenvalue weighted by molar-refractivity contribution is 0.102. The molecule has 2 aromatic carbocycles. The first kappa shape index (κ1) is 13.4. The molecular formula is C17H17N3O. The largest absolute Gasteiger partial charge is 0.334 e. The van der Waals surface area contributed by atoms with Gasteiger partial charge < -0.3 is 9.88 Å². The Bertz CT molecular complexity index is 813. The summed E-state index contributed by atoms with van der Waals surface area (Å²) in [6.45, 7) is 4.04. The van der Waals surface area contributed by atoms with Crippen molar-refractivity contribution >= 4 is 22.6 Å². The first-order valence-electron chi connectivity index (χ1n) is 6.84. The summed E-state index contributed by atoms with van der Waals surface area (Å²) >= 11 is 0. The topological polar surface area (TPSA) is 46.9 Å². The number of hydrogen-bond acceptors (Lipinski definition) is 2. The van der Waals surface area contributed by atoms with Crippen molar-refractivity contribution in [3.05, 3.63) is 59.4 Å². The Labute approximate surface area is 123 Å². The van der Waals surface area contributed by atoms with E-state index in [9.17, 15) is 4.79 Å². The van der Waals surface area contributed by atoms with Crippen LogP contribution in [0.15, 0.2) is 42.7 Å². The van der Waals surface area contributed by atoms with E-state index in [4.69, 9.17) is 0 Å². The van der Waals surface area contributed by atoms with Gasteiger partial charge in [-0.25, -0.2) is 4.98 Å². The summed E-state index contributed by atoms with van der Waals surface area (Å²) in [5, 5.41) is 2.95. The number of carbonyl (C=O) groups excluding carboxylic acids is 1. The van der Waals surface area contributed by atoms with Crippen LogP contribution in [-0.4, -0.2) is 15.5 Å². The molecule has 0 aliphatic heterocycles. The van der Waals surface area contributed by atoms with Gasteiger partial charge in [-0.05, 0) is 55.3 Å². The van der Waals surface area contributed by atoms with E-state index in [1.165, 1.54) is 0 Å². The SMILES string of the molecule is Cc1cc(C)cc(NC(=O)c2ccc3ncn(C)c3c2)c1. The van der Waals surface area contributed by atoms with Crippen LogP contribution in [0, 0.1) is 13.8 Å². The third-order valence-corrected chi connectivity index (χ3v) is 3.47. The number of fused-ring (bicyclic) bond motifs is 1. The number of nitrogens with one attached hydrogen (secondary N) is 1. The van der Waals surface area contributed by atoms with Crippen molar-refractivity contribution in [1.29, 1.82) is 0 Å². The molecule has 0 fully saturated rings. The standard InChI is InChI=1S/C17H17N3O/c1-11-6-12(2)8-14(7-11)19-17(21)13-4-5-15-16(9-13)20(3)10-18-15/h4-10H,1-3H3,(H,19,21). The summed E-state index contributed by atoms with van der Waals surface area (Å²) in [5.41, 5.74) is 5.55. The van der Waals surface area contributed by atoms with Crippen LogP contribution in [0.2, 0.25) is 0 Å². The van der Waals surface area contributed by atoms with E-state index in [0.29, 0.717) is 5.56 Å². The van der Waals surface area contributed by atoms with Crippen molar-refractivity contribution in [3.63, 3.8) is 0 Å². The molecule has 0 atom stereocenters. The molecule has 0 saturated carbocycles. The number of anilines is 1. The molecule has 4 heteroatoms. The number of amides is 1. The predicted octanol–water partition coefficient (Wildman–Crippen LogP) is 3.44. The lowest BCUT2D eigenvalue weighted by Crippen LogP contribution is -2.12. The molecule has 0 aliphatic carbocycles. The summed E-state index contributed by atoms with van der Waals surface area (Å²) in [7, 11) is 1.92. The fourth-order valence-corrected chi connectivity index (χ4v) is 2.52. The molecule has 0 unspecified atom stereocenters. The van der Waals surface area contributed by atoms with Crippen LogP contribution in [0.25, 0.3) is 11.0 Å². The third-order valence-electron chi connectivity index (χ3n) is 3.47. The summed E-state index contributed by atoms with van der Waals surface area (Å²) < 4.78 is 1.91. The number of hydrogen-bond donors (Lipinski definition) is 1. The molecule has 0 saturated heterocycles. The Morgan fingerprint density at radius 2 is 1.81 bits per heavy atom. The van der Waals surface area contributed by atoms with Gasteiger partial charge >= 0.3 is 0 Å². The van der Waals surface area contributed by atoms with Gasteiger partial charge in [0.25, 0.3) is 5.91 Å². The first-order chi connectivity index (χ1) is 10.0. The fourth-order valence-electron chi connectivity index (χ4n) is 2.52. The highest BCUT2D eigenvalue weighted by Crippen LogP contribution is 2.17. The van der Waals surface area contributed by atoms with E-state index in [2.05, 4.69) is 16.4 Å². The minimum atomic E-state index is -0.108. The van der Waals surface area contributed by atoms with Gasteiger partial charge in [0.1, 0.15) is 0 Å². The van der Waals surface area contributed by atoms with E-state index in [-0.39, 0.29) is 5.91 Å². The summed E-state index contributed by atoms with van der Waals surface area (Å²) in [6, 6.07) is 11.5. The fraction of sp³-hybridized carbons (Fsp3) is 0.176. The second kappa shape index (κ2) is 5.05. The van der Waals surface area contributed by atoms with Gasteiger partial charge in [0.2, 0.25) is 0 Å². The third kappa shape index (κ3) is 2.65. The van der Waals surface area contributed by atoms with Gasteiger partial charge in [-0.1, -0.05) is 6.07 Å². The second-order valence-corrected chi connectivity index (χ2v) is 5.39. The van der Waals surface area contributed by atoms with Crippen LogP contribution in [0.1, 0.15) is 21.5 Å². The van der Waals surface area contributed by atoms with Gasteiger partial charge in [-0.2, -0.15) is 0 Å². The molecule has 1 aromatic heterocycles. The highest BCUT2D eigenvalue weighted by molar-refractivity contribution is 6.06. The number of nitrogens with zero attached hydrogens (tertiary/aromatic N) is 2. The lowest BCUT2D eigenvalue weighted by atomic mass is 10.1. The molecule has 0 aliphatic rings. The summed E-state index contributed by atoms with van der Waals surface area (Å²) in [5.74, 6) is -0.108. The molecule has 0 bridgehead atoms. The molecular weight excluding hydrogens is 262 g/mol. The monoisotopic (exact) mass is 279 g/mol. The minimum Gasteiger partial charge on any atom is -0.334 e. The molecule has 21 heavy (non-hydrogen) atoms. The van der Waals surface area contributed by atoms with Gasteiger partial charge in [0.05, 0.1) is 17.4 Å². The Balaban J connectivity index is 1.91. The molecule has 4 nitrogen and oxygen atoms in total. The van der Waals surface area contributed by atoms with Crippen LogP contribution >= 0.6 is 0 Å². The molecule has 3 aromatic rings. The van der Waals surface area contributed by atoms with Crippen LogP contribution in [-0.2, 0) is 7.05 Å². The molecule has 1 amide bonds. The van der Waals surface area contributed by atoms with Gasteiger partial charge in [-0.15, -0.1) is 0 Å². The van der Waals surface area contributed by atoms with Crippen LogP contribution in [0.5, 0.6) is 0 Å². The molecule has 1 heterocycles. The number of aromatic nitrogens is 2. The highest BCUT2D eigenvalue weighted by Gasteiger charge is 2.09. The lowest BCUT2D eigenvalue weighted by Gasteiger charge is -2.08. The maximum absolute atomic E-state index is 12.4. The number of carbonyl (C=O) groups is 1. The van der Waals surface area contributed by atoms with Gasteiger partial charge in [0, 0.05) is 18.3 Å². The van der Waals surface area contributed by atoms with Crippen molar-refractivity contribution in [1.82, 2.24) is 9.55 Å². The molecule has 3 rings (SSSR count). The summed E-state index contributed by atoms with van der Waals surface area (Å²) in [6.07, 6.45) is 1.75. The first-order valence-corrected chi connectivity index (χ1v) is 6.84. The Morgan fingerprint density at radius 1 is 1.10 bits per heavy atom. The van der Waals surface area contributed by atoms with Crippen LogP contribution < -0.4 is 5.32 Å². The van der Waals surface area contributed by atoms with Crippen molar-refractivity contribution in [2.75, 3.05) is 5.32 Å². The molecule has 1 N–H and O–H groups in total. The molecule has 0 spiro atoms. The number of benzene rings is 2. The highest BCUT2D eigenvalue weighted by atomic mass is 16.1. The molecule has 0 radical (unpaired) electrons. The average molecular weight is 279 g/mol. The van der Waals surface area contributed by atoms with E-state index < -0.39 is 0 Å². The number of imidazole rings is 1. The smallest absolute Gasteiger partial charge is 0.255 e.